The van der Waals surface area contributed by atoms with Crippen LogP contribution in [0.15, 0.2) is 0 Å². The van der Waals surface area contributed by atoms with Crippen LogP contribution in [0.5, 0.6) is 0 Å². The number of rotatable bonds is 17. The maximum absolute atomic E-state index is 12.2. The van der Waals surface area contributed by atoms with Gasteiger partial charge in [-0.3, -0.25) is 9.59 Å². The molecule has 19 atom stereocenters. The molecule has 0 saturated carbocycles. The monoisotopic (exact) mass is 762 g/mol. The zero-order chi connectivity index (χ0) is 39.0. The van der Waals surface area contributed by atoms with Crippen molar-refractivity contribution in [3.8, 4) is 0 Å². The van der Waals surface area contributed by atoms with Crippen LogP contribution in [0.1, 0.15) is 27.2 Å². The first-order chi connectivity index (χ1) is 24.5. The fourth-order valence-electron chi connectivity index (χ4n) is 6.26. The Bertz CT molecular complexity index is 1110. The van der Waals surface area contributed by atoms with E-state index in [1.54, 1.807) is 0 Å². The summed E-state index contributed by atoms with van der Waals surface area (Å²) in [7, 11) is 0. The molecule has 3 aliphatic heterocycles. The average Bonchev–Trinajstić information content (AvgIpc) is 3.09. The maximum Gasteiger partial charge on any atom is 0.217 e. The molecule has 2 amide bonds. The van der Waals surface area contributed by atoms with Gasteiger partial charge in [-0.1, -0.05) is 0 Å². The first-order valence-electron chi connectivity index (χ1n) is 16.8. The summed E-state index contributed by atoms with van der Waals surface area (Å²) in [5.74, 6) is -2.21. The SMILES string of the molecule is CC(=O)NC1C(OCC2OC(O)C(NC(C)=O)C(OC(CC(CO)[C@@H](C)O)[C@@H](O)CO)C2O)OC(CO)C(O[C@@H]2O[C@@H](CO)C(O)C(O)C2O)C1O. The fraction of sp³-hybridized carbons (Fsp3) is 0.933. The smallest absolute Gasteiger partial charge is 0.217 e. The number of aliphatic hydroxyl groups excluding tert-OH is 12. The molecule has 3 saturated heterocycles. The van der Waals surface area contributed by atoms with Crippen molar-refractivity contribution < 1.29 is 99.3 Å². The second-order valence-corrected chi connectivity index (χ2v) is 13.2. The van der Waals surface area contributed by atoms with Gasteiger partial charge in [0.25, 0.3) is 0 Å². The lowest BCUT2D eigenvalue weighted by atomic mass is 9.92. The van der Waals surface area contributed by atoms with Gasteiger partial charge in [0.15, 0.2) is 18.9 Å². The highest BCUT2D eigenvalue weighted by Crippen LogP contribution is 2.32. The second-order valence-electron chi connectivity index (χ2n) is 13.2. The Hall–Kier alpha value is -1.78. The topological polar surface area (TPSA) is 356 Å². The molecule has 0 aromatic carbocycles. The van der Waals surface area contributed by atoms with Crippen molar-refractivity contribution in [1.82, 2.24) is 10.6 Å². The lowest BCUT2D eigenvalue weighted by Gasteiger charge is -2.48. The summed E-state index contributed by atoms with van der Waals surface area (Å²) >= 11 is 0. The van der Waals surface area contributed by atoms with Gasteiger partial charge in [0, 0.05) is 26.4 Å². The summed E-state index contributed by atoms with van der Waals surface area (Å²) in [6, 6.07) is -2.93. The van der Waals surface area contributed by atoms with Crippen molar-refractivity contribution in [1.29, 1.82) is 0 Å². The van der Waals surface area contributed by atoms with Crippen LogP contribution in [0.2, 0.25) is 0 Å². The van der Waals surface area contributed by atoms with Gasteiger partial charge in [0.05, 0.1) is 38.6 Å². The third kappa shape index (κ3) is 10.9. The Morgan fingerprint density at radius 1 is 0.692 bits per heavy atom. The number of nitrogens with one attached hydrogen (secondary N) is 2. The van der Waals surface area contributed by atoms with Gasteiger partial charge in [-0.25, -0.2) is 0 Å². The molecule has 0 bridgehead atoms. The van der Waals surface area contributed by atoms with Crippen LogP contribution in [-0.4, -0.2) is 216 Å². The third-order valence-corrected chi connectivity index (χ3v) is 9.25. The molecular formula is C30H54N2O20. The molecule has 3 rings (SSSR count). The molecule has 14 N–H and O–H groups in total. The molecular weight excluding hydrogens is 708 g/mol. The van der Waals surface area contributed by atoms with E-state index in [2.05, 4.69) is 10.6 Å². The molecule has 0 aliphatic carbocycles. The summed E-state index contributed by atoms with van der Waals surface area (Å²) in [5.41, 5.74) is 0. The number of aliphatic hydroxyl groups is 12. The van der Waals surface area contributed by atoms with E-state index in [4.69, 9.17) is 28.4 Å². The molecule has 3 heterocycles. The van der Waals surface area contributed by atoms with Crippen molar-refractivity contribution in [2.45, 2.75) is 137 Å². The van der Waals surface area contributed by atoms with Crippen molar-refractivity contribution in [3.63, 3.8) is 0 Å². The van der Waals surface area contributed by atoms with E-state index in [0.717, 1.165) is 13.8 Å². The molecule has 0 spiro atoms. The minimum atomic E-state index is -1.88. The normalized spacial score (nSPS) is 40.7. The average molecular weight is 763 g/mol. The highest BCUT2D eigenvalue weighted by Gasteiger charge is 2.53. The summed E-state index contributed by atoms with van der Waals surface area (Å²) in [6.45, 7) is -0.0790. The lowest BCUT2D eigenvalue weighted by Crippen LogP contribution is -2.68. The summed E-state index contributed by atoms with van der Waals surface area (Å²) in [4.78, 5) is 24.2. The van der Waals surface area contributed by atoms with Gasteiger partial charge < -0.3 is 100 Å². The van der Waals surface area contributed by atoms with Gasteiger partial charge in [0.2, 0.25) is 11.8 Å². The minimum Gasteiger partial charge on any atom is -0.396 e. The van der Waals surface area contributed by atoms with Crippen LogP contribution < -0.4 is 10.6 Å². The number of hydrogen-bond acceptors (Lipinski definition) is 20. The summed E-state index contributed by atoms with van der Waals surface area (Å²) in [5, 5.41) is 129. The highest BCUT2D eigenvalue weighted by molar-refractivity contribution is 5.73. The van der Waals surface area contributed by atoms with E-state index in [1.165, 1.54) is 6.92 Å². The van der Waals surface area contributed by atoms with E-state index < -0.39 is 161 Å². The van der Waals surface area contributed by atoms with Crippen LogP contribution in [0, 0.1) is 5.92 Å². The molecule has 3 fully saturated rings. The van der Waals surface area contributed by atoms with Crippen LogP contribution in [-0.2, 0) is 38.0 Å². The van der Waals surface area contributed by atoms with E-state index in [9.17, 15) is 70.9 Å². The number of carbonyl (C=O) groups is 2. The van der Waals surface area contributed by atoms with Gasteiger partial charge in [0.1, 0.15) is 79.2 Å². The Morgan fingerprint density at radius 2 is 1.29 bits per heavy atom. The number of hydrogen-bond donors (Lipinski definition) is 14. The predicted molar refractivity (Wildman–Crippen MR) is 167 cm³/mol. The quantitative estimate of drug-likeness (QED) is 0.0654. The molecule has 0 radical (unpaired) electrons. The van der Waals surface area contributed by atoms with E-state index >= 15 is 0 Å². The first kappa shape index (κ1) is 44.6. The van der Waals surface area contributed by atoms with Crippen LogP contribution in [0.4, 0.5) is 0 Å². The standard InChI is InChI=1S/C30H54N2O20/c1-10(37)13(5-33)4-15(14(40)6-34)48-27-20(32-12(3)39)28(46)49-18(22(27)42)9-47-29-19(31-11(2)38)23(43)26(17(8-36)51-29)52-30-25(45)24(44)21(41)16(7-35)50-30/h10,13-30,33-37,40-46H,4-9H2,1-3H3,(H,31,38)(H,32,39)/t10-,13?,14+,15?,16+,17?,18?,19?,20?,21?,22?,23?,24?,25?,26?,27?,28?,29?,30+/m1/s1. The van der Waals surface area contributed by atoms with E-state index in [-0.39, 0.29) is 6.42 Å². The van der Waals surface area contributed by atoms with E-state index in [1.807, 2.05) is 0 Å². The Kier molecular flexibility index (Phi) is 17.4. The molecule has 0 aromatic heterocycles. The molecule has 0 aromatic rings. The lowest BCUT2D eigenvalue weighted by molar-refractivity contribution is -0.351. The molecule has 52 heavy (non-hydrogen) atoms. The zero-order valence-corrected chi connectivity index (χ0v) is 28.8. The van der Waals surface area contributed by atoms with Crippen molar-refractivity contribution in [2.24, 2.45) is 5.92 Å². The van der Waals surface area contributed by atoms with Gasteiger partial charge in [-0.05, 0) is 13.3 Å². The predicted octanol–water partition coefficient (Wildman–Crippen LogP) is -8.16. The number of ether oxygens (including phenoxy) is 6. The van der Waals surface area contributed by atoms with Gasteiger partial charge >= 0.3 is 0 Å². The molecule has 22 nitrogen and oxygen atoms in total. The number of carbonyl (C=O) groups excluding carboxylic acids is 2. The maximum atomic E-state index is 12.2. The molecule has 3 aliphatic rings. The summed E-state index contributed by atoms with van der Waals surface area (Å²) in [6.07, 6.45) is -26.0. The summed E-state index contributed by atoms with van der Waals surface area (Å²) < 4.78 is 34.0. The molecule has 304 valence electrons. The Morgan fingerprint density at radius 3 is 1.83 bits per heavy atom. The van der Waals surface area contributed by atoms with Gasteiger partial charge in [-0.15, -0.1) is 0 Å². The Balaban J connectivity index is 1.83. The van der Waals surface area contributed by atoms with Gasteiger partial charge in [-0.2, -0.15) is 0 Å². The molecule has 22 heteroatoms. The van der Waals surface area contributed by atoms with Crippen molar-refractivity contribution >= 4 is 11.8 Å². The minimum absolute atomic E-state index is 0.231. The number of amides is 2. The first-order valence-corrected chi connectivity index (χ1v) is 16.8. The van der Waals surface area contributed by atoms with Crippen molar-refractivity contribution in [2.75, 3.05) is 33.0 Å². The molecule has 15 unspecified atom stereocenters. The van der Waals surface area contributed by atoms with Crippen LogP contribution in [0.25, 0.3) is 0 Å². The zero-order valence-electron chi connectivity index (χ0n) is 28.8. The third-order valence-electron chi connectivity index (χ3n) is 9.25. The Labute approximate surface area is 298 Å². The van der Waals surface area contributed by atoms with E-state index in [0.29, 0.717) is 0 Å². The van der Waals surface area contributed by atoms with Crippen molar-refractivity contribution in [3.05, 3.63) is 0 Å². The van der Waals surface area contributed by atoms with Crippen LogP contribution >= 0.6 is 0 Å². The second kappa shape index (κ2) is 20.2. The highest BCUT2D eigenvalue weighted by atomic mass is 16.7. The fourth-order valence-corrected chi connectivity index (χ4v) is 6.26. The van der Waals surface area contributed by atoms with Crippen LogP contribution in [0.3, 0.4) is 0 Å². The largest absolute Gasteiger partial charge is 0.396 e.